The van der Waals surface area contributed by atoms with Crippen LogP contribution in [0.3, 0.4) is 0 Å². The Morgan fingerprint density at radius 2 is 2.35 bits per heavy atom. The Labute approximate surface area is 102 Å². The molecule has 0 saturated carbocycles. The van der Waals surface area contributed by atoms with Gasteiger partial charge >= 0.3 is 0 Å². The monoisotopic (exact) mass is 237 g/mol. The van der Waals surface area contributed by atoms with Crippen LogP contribution in [0.15, 0.2) is 18.2 Å². The van der Waals surface area contributed by atoms with Crippen LogP contribution in [0.25, 0.3) is 0 Å². The number of benzene rings is 1. The predicted octanol–water partition coefficient (Wildman–Crippen LogP) is 1.66. The van der Waals surface area contributed by atoms with Gasteiger partial charge in [-0.1, -0.05) is 0 Å². The minimum absolute atomic E-state index is 0.231. The number of rotatable bonds is 4. The standard InChI is InChI=1S/C13H19NO3/c1-14-10(4-3-7-15)9-17-13-6-5-11(16-2)8-12(13)14/h5-6,8,10,15H,3-4,7,9H2,1-2H3. The van der Waals surface area contributed by atoms with Gasteiger partial charge in [-0.15, -0.1) is 0 Å². The Morgan fingerprint density at radius 3 is 3.06 bits per heavy atom. The summed E-state index contributed by atoms with van der Waals surface area (Å²) in [5.74, 6) is 1.73. The third kappa shape index (κ3) is 2.47. The quantitative estimate of drug-likeness (QED) is 0.865. The zero-order chi connectivity index (χ0) is 12.3. The van der Waals surface area contributed by atoms with Crippen molar-refractivity contribution in [3.8, 4) is 11.5 Å². The molecule has 0 radical (unpaired) electrons. The second-order valence-corrected chi connectivity index (χ2v) is 4.28. The molecule has 4 nitrogen and oxygen atoms in total. The minimum Gasteiger partial charge on any atom is -0.497 e. The van der Waals surface area contributed by atoms with Crippen LogP contribution >= 0.6 is 0 Å². The molecule has 0 bridgehead atoms. The summed E-state index contributed by atoms with van der Waals surface area (Å²) in [6.07, 6.45) is 1.74. The molecule has 0 fully saturated rings. The normalized spacial score (nSPS) is 18.5. The van der Waals surface area contributed by atoms with Crippen molar-refractivity contribution in [2.75, 3.05) is 32.3 Å². The Morgan fingerprint density at radius 1 is 1.53 bits per heavy atom. The van der Waals surface area contributed by atoms with E-state index in [1.807, 2.05) is 18.2 Å². The van der Waals surface area contributed by atoms with Crippen LogP contribution in [0.1, 0.15) is 12.8 Å². The van der Waals surface area contributed by atoms with Gasteiger partial charge in [0, 0.05) is 19.7 Å². The summed E-state index contributed by atoms with van der Waals surface area (Å²) in [5, 5.41) is 8.88. The molecule has 2 rings (SSSR count). The number of aliphatic hydroxyl groups excluding tert-OH is 1. The molecule has 1 N–H and O–H groups in total. The van der Waals surface area contributed by atoms with E-state index in [1.54, 1.807) is 7.11 Å². The lowest BCUT2D eigenvalue weighted by molar-refractivity contribution is 0.236. The minimum atomic E-state index is 0.231. The van der Waals surface area contributed by atoms with E-state index in [0.29, 0.717) is 12.6 Å². The van der Waals surface area contributed by atoms with Crippen molar-refractivity contribution in [1.82, 2.24) is 0 Å². The second-order valence-electron chi connectivity index (χ2n) is 4.28. The maximum Gasteiger partial charge on any atom is 0.142 e. The van der Waals surface area contributed by atoms with E-state index < -0.39 is 0 Å². The molecule has 0 saturated heterocycles. The molecule has 4 heteroatoms. The number of anilines is 1. The molecule has 1 aromatic carbocycles. The Bertz CT molecular complexity index is 381. The number of fused-ring (bicyclic) bond motifs is 1. The van der Waals surface area contributed by atoms with Crippen LogP contribution in [0.4, 0.5) is 5.69 Å². The Balaban J connectivity index is 2.18. The summed E-state index contributed by atoms with van der Waals surface area (Å²) in [7, 11) is 3.72. The summed E-state index contributed by atoms with van der Waals surface area (Å²) in [5.41, 5.74) is 1.05. The lowest BCUT2D eigenvalue weighted by Gasteiger charge is -2.36. The first-order valence-corrected chi connectivity index (χ1v) is 5.90. The van der Waals surface area contributed by atoms with Crippen molar-refractivity contribution in [3.05, 3.63) is 18.2 Å². The van der Waals surface area contributed by atoms with E-state index in [0.717, 1.165) is 30.0 Å². The molecular weight excluding hydrogens is 218 g/mol. The van der Waals surface area contributed by atoms with Gasteiger partial charge in [0.1, 0.15) is 18.1 Å². The van der Waals surface area contributed by atoms with Gasteiger partial charge in [-0.2, -0.15) is 0 Å². The molecule has 0 aliphatic carbocycles. The fourth-order valence-corrected chi connectivity index (χ4v) is 2.12. The molecule has 1 aromatic rings. The van der Waals surface area contributed by atoms with Crippen molar-refractivity contribution in [1.29, 1.82) is 0 Å². The van der Waals surface area contributed by atoms with Crippen LogP contribution in [0, 0.1) is 0 Å². The molecule has 17 heavy (non-hydrogen) atoms. The highest BCUT2D eigenvalue weighted by Gasteiger charge is 2.24. The van der Waals surface area contributed by atoms with Gasteiger partial charge in [0.2, 0.25) is 0 Å². The van der Waals surface area contributed by atoms with Crippen LogP contribution in [-0.2, 0) is 0 Å². The van der Waals surface area contributed by atoms with Gasteiger partial charge in [-0.05, 0) is 25.0 Å². The largest absolute Gasteiger partial charge is 0.497 e. The SMILES string of the molecule is COc1ccc2c(c1)N(C)C(CCCO)CO2. The van der Waals surface area contributed by atoms with E-state index >= 15 is 0 Å². The number of hydrogen-bond donors (Lipinski definition) is 1. The highest BCUT2D eigenvalue weighted by molar-refractivity contribution is 5.63. The van der Waals surface area contributed by atoms with Gasteiger partial charge in [0.25, 0.3) is 0 Å². The first-order valence-electron chi connectivity index (χ1n) is 5.90. The molecule has 1 unspecified atom stereocenters. The van der Waals surface area contributed by atoms with Gasteiger partial charge in [-0.3, -0.25) is 0 Å². The number of methoxy groups -OCH3 is 1. The zero-order valence-electron chi connectivity index (χ0n) is 10.3. The predicted molar refractivity (Wildman–Crippen MR) is 67.0 cm³/mol. The molecule has 0 aromatic heterocycles. The average molecular weight is 237 g/mol. The van der Waals surface area contributed by atoms with E-state index in [1.165, 1.54) is 0 Å². The third-order valence-electron chi connectivity index (χ3n) is 3.22. The first kappa shape index (κ1) is 12.0. The van der Waals surface area contributed by atoms with Gasteiger partial charge in [0.15, 0.2) is 0 Å². The summed E-state index contributed by atoms with van der Waals surface area (Å²) in [4.78, 5) is 2.21. The fraction of sp³-hybridized carbons (Fsp3) is 0.538. The highest BCUT2D eigenvalue weighted by atomic mass is 16.5. The van der Waals surface area contributed by atoms with E-state index in [2.05, 4.69) is 11.9 Å². The fourth-order valence-electron chi connectivity index (χ4n) is 2.12. The molecule has 0 spiro atoms. The summed E-state index contributed by atoms with van der Waals surface area (Å²) in [6.45, 7) is 0.908. The molecule has 1 heterocycles. The number of aliphatic hydroxyl groups is 1. The Kier molecular flexibility index (Phi) is 3.74. The van der Waals surface area contributed by atoms with Crippen LogP contribution in [0.5, 0.6) is 11.5 Å². The number of nitrogens with zero attached hydrogens (tertiary/aromatic N) is 1. The molecule has 1 aliphatic rings. The van der Waals surface area contributed by atoms with Crippen LogP contribution < -0.4 is 14.4 Å². The maximum atomic E-state index is 8.88. The van der Waals surface area contributed by atoms with E-state index in [-0.39, 0.29) is 6.61 Å². The number of ether oxygens (including phenoxy) is 2. The number of likely N-dealkylation sites (N-methyl/N-ethyl adjacent to an activating group) is 1. The second kappa shape index (κ2) is 5.27. The lowest BCUT2D eigenvalue weighted by Crippen LogP contribution is -2.40. The van der Waals surface area contributed by atoms with Crippen molar-refractivity contribution < 1.29 is 14.6 Å². The molecule has 1 aliphatic heterocycles. The molecule has 94 valence electrons. The van der Waals surface area contributed by atoms with Crippen LogP contribution in [0.2, 0.25) is 0 Å². The summed E-state index contributed by atoms with van der Waals surface area (Å²) in [6, 6.07) is 6.15. The summed E-state index contributed by atoms with van der Waals surface area (Å²) >= 11 is 0. The topological polar surface area (TPSA) is 41.9 Å². The molecular formula is C13H19NO3. The van der Waals surface area contributed by atoms with E-state index in [4.69, 9.17) is 14.6 Å². The van der Waals surface area contributed by atoms with Crippen molar-refractivity contribution >= 4 is 5.69 Å². The first-order chi connectivity index (χ1) is 8.26. The van der Waals surface area contributed by atoms with E-state index in [9.17, 15) is 0 Å². The van der Waals surface area contributed by atoms with Crippen molar-refractivity contribution in [2.24, 2.45) is 0 Å². The van der Waals surface area contributed by atoms with Gasteiger partial charge in [-0.25, -0.2) is 0 Å². The number of hydrogen-bond acceptors (Lipinski definition) is 4. The van der Waals surface area contributed by atoms with Crippen molar-refractivity contribution in [2.45, 2.75) is 18.9 Å². The molecule has 0 amide bonds. The third-order valence-corrected chi connectivity index (χ3v) is 3.22. The van der Waals surface area contributed by atoms with Crippen molar-refractivity contribution in [3.63, 3.8) is 0 Å². The van der Waals surface area contributed by atoms with Gasteiger partial charge < -0.3 is 19.5 Å². The van der Waals surface area contributed by atoms with Crippen LogP contribution in [-0.4, -0.2) is 38.5 Å². The van der Waals surface area contributed by atoms with Gasteiger partial charge in [0.05, 0.1) is 18.8 Å². The smallest absolute Gasteiger partial charge is 0.142 e. The maximum absolute atomic E-state index is 8.88. The average Bonchev–Trinajstić information content (AvgIpc) is 2.38. The zero-order valence-corrected chi connectivity index (χ0v) is 10.3. The Hall–Kier alpha value is -1.42. The highest BCUT2D eigenvalue weighted by Crippen LogP contribution is 2.36. The lowest BCUT2D eigenvalue weighted by atomic mass is 10.1. The summed E-state index contributed by atoms with van der Waals surface area (Å²) < 4.78 is 10.9. The molecule has 1 atom stereocenters.